The number of anilines is 3. The molecular weight excluding hydrogens is 368 g/mol. The Bertz CT molecular complexity index is 1070. The van der Waals surface area contributed by atoms with Crippen molar-refractivity contribution in [2.75, 3.05) is 29.2 Å². The predicted octanol–water partition coefficient (Wildman–Crippen LogP) is 1.77. The van der Waals surface area contributed by atoms with Crippen LogP contribution in [-0.4, -0.2) is 53.0 Å². The lowest BCUT2D eigenvalue weighted by atomic mass is 10.3. The highest BCUT2D eigenvalue weighted by Crippen LogP contribution is 2.25. The summed E-state index contributed by atoms with van der Waals surface area (Å²) in [5.41, 5.74) is 1.75. The van der Waals surface area contributed by atoms with Gasteiger partial charge in [-0.3, -0.25) is 0 Å². The minimum atomic E-state index is -3.00. The molecule has 2 aromatic heterocycles. The third kappa shape index (κ3) is 3.90. The highest BCUT2D eigenvalue weighted by molar-refractivity contribution is 7.91. The molecule has 1 aromatic carbocycles. The van der Waals surface area contributed by atoms with E-state index in [2.05, 4.69) is 30.6 Å². The number of benzene rings is 1. The van der Waals surface area contributed by atoms with Gasteiger partial charge >= 0.3 is 0 Å². The van der Waals surface area contributed by atoms with E-state index in [4.69, 9.17) is 4.74 Å². The van der Waals surface area contributed by atoms with Gasteiger partial charge in [-0.15, -0.1) is 0 Å². The number of fused-ring (bicyclic) bond motifs is 1. The van der Waals surface area contributed by atoms with E-state index in [-0.39, 0.29) is 17.5 Å². The van der Waals surface area contributed by atoms with Crippen molar-refractivity contribution >= 4 is 38.5 Å². The van der Waals surface area contributed by atoms with Crippen molar-refractivity contribution in [3.05, 3.63) is 36.7 Å². The first-order valence-corrected chi connectivity index (χ1v) is 10.2. The highest BCUT2D eigenvalue weighted by Gasteiger charge is 2.28. The summed E-state index contributed by atoms with van der Waals surface area (Å²) in [4.78, 5) is 17.4. The Kier molecular flexibility index (Phi) is 4.48. The van der Waals surface area contributed by atoms with E-state index >= 15 is 0 Å². The molecular formula is C17H18N6O3S. The number of ether oxygens (including phenoxy) is 1. The molecule has 1 aliphatic heterocycles. The standard InChI is InChI=1S/C17H18N6O3S/c1-26-13-4-2-11(3-5-13)20-16-14-15(19-8-7-18-14)22-17(23-16)21-12-6-9-27(24,25)10-12/h2-5,7-8,12H,6,9-10H2,1H3,(H2,19,20,21,22,23)/t12-/m0/s1. The van der Waals surface area contributed by atoms with Crippen LogP contribution in [0.1, 0.15) is 6.42 Å². The summed E-state index contributed by atoms with van der Waals surface area (Å²) in [6.45, 7) is 0. The van der Waals surface area contributed by atoms with Crippen LogP contribution in [0.15, 0.2) is 36.7 Å². The molecule has 3 aromatic rings. The number of rotatable bonds is 5. The Morgan fingerprint density at radius 2 is 1.89 bits per heavy atom. The van der Waals surface area contributed by atoms with Gasteiger partial charge in [0.1, 0.15) is 5.75 Å². The van der Waals surface area contributed by atoms with E-state index in [0.29, 0.717) is 29.4 Å². The van der Waals surface area contributed by atoms with Crippen LogP contribution < -0.4 is 15.4 Å². The molecule has 2 N–H and O–H groups in total. The van der Waals surface area contributed by atoms with E-state index in [1.807, 2.05) is 24.3 Å². The fraction of sp³-hybridized carbons (Fsp3) is 0.294. The van der Waals surface area contributed by atoms with Crippen molar-refractivity contribution in [2.45, 2.75) is 12.5 Å². The number of hydrogen-bond acceptors (Lipinski definition) is 9. The van der Waals surface area contributed by atoms with E-state index in [9.17, 15) is 8.42 Å². The predicted molar refractivity (Wildman–Crippen MR) is 102 cm³/mol. The van der Waals surface area contributed by atoms with Crippen molar-refractivity contribution in [2.24, 2.45) is 0 Å². The molecule has 10 heteroatoms. The molecule has 1 fully saturated rings. The van der Waals surface area contributed by atoms with Crippen LogP contribution in [0, 0.1) is 0 Å². The van der Waals surface area contributed by atoms with Crippen LogP contribution in [0.25, 0.3) is 11.2 Å². The van der Waals surface area contributed by atoms with Crippen molar-refractivity contribution in [3.8, 4) is 5.75 Å². The second kappa shape index (κ2) is 6.95. The first-order chi connectivity index (χ1) is 13.0. The summed E-state index contributed by atoms with van der Waals surface area (Å²) in [7, 11) is -1.39. The van der Waals surface area contributed by atoms with Crippen LogP contribution in [0.3, 0.4) is 0 Å². The normalized spacial score (nSPS) is 18.3. The van der Waals surface area contributed by atoms with Gasteiger partial charge < -0.3 is 15.4 Å². The number of hydrogen-bond donors (Lipinski definition) is 2. The molecule has 0 amide bonds. The molecule has 0 saturated carbocycles. The molecule has 140 valence electrons. The summed E-state index contributed by atoms with van der Waals surface area (Å²) in [5, 5.41) is 6.32. The van der Waals surface area contributed by atoms with Gasteiger partial charge in [-0.1, -0.05) is 0 Å². The maximum absolute atomic E-state index is 11.7. The van der Waals surface area contributed by atoms with Crippen LogP contribution in [0.4, 0.5) is 17.5 Å². The van der Waals surface area contributed by atoms with Gasteiger partial charge in [-0.05, 0) is 30.7 Å². The van der Waals surface area contributed by atoms with Gasteiger partial charge in [0.05, 0.1) is 18.6 Å². The van der Waals surface area contributed by atoms with E-state index in [0.717, 1.165) is 11.4 Å². The SMILES string of the molecule is COc1ccc(Nc2nc(N[C@H]3CCS(=O)(=O)C3)nc3nccnc23)cc1. The molecule has 0 radical (unpaired) electrons. The Hall–Kier alpha value is -3.01. The monoisotopic (exact) mass is 386 g/mol. The fourth-order valence-corrected chi connectivity index (χ4v) is 4.59. The van der Waals surface area contributed by atoms with Gasteiger partial charge in [-0.25, -0.2) is 18.4 Å². The largest absolute Gasteiger partial charge is 0.497 e. The average Bonchev–Trinajstić information content (AvgIpc) is 3.00. The second-order valence-electron chi connectivity index (χ2n) is 6.22. The lowest BCUT2D eigenvalue weighted by molar-refractivity contribution is 0.415. The van der Waals surface area contributed by atoms with Gasteiger partial charge in [0.2, 0.25) is 5.95 Å². The van der Waals surface area contributed by atoms with Crippen molar-refractivity contribution in [1.29, 1.82) is 0 Å². The fourth-order valence-electron chi connectivity index (χ4n) is 2.92. The minimum Gasteiger partial charge on any atom is -0.497 e. The van der Waals surface area contributed by atoms with E-state index in [1.165, 1.54) is 0 Å². The zero-order valence-electron chi connectivity index (χ0n) is 14.6. The molecule has 0 spiro atoms. The zero-order chi connectivity index (χ0) is 18.9. The molecule has 0 aliphatic carbocycles. The maximum Gasteiger partial charge on any atom is 0.227 e. The van der Waals surface area contributed by atoms with Crippen molar-refractivity contribution in [1.82, 2.24) is 19.9 Å². The number of sulfone groups is 1. The Labute approximate surface area is 156 Å². The van der Waals surface area contributed by atoms with Crippen LogP contribution >= 0.6 is 0 Å². The van der Waals surface area contributed by atoms with E-state index < -0.39 is 9.84 Å². The lowest BCUT2D eigenvalue weighted by Gasteiger charge is -2.13. The van der Waals surface area contributed by atoms with Gasteiger partial charge in [0, 0.05) is 24.1 Å². The van der Waals surface area contributed by atoms with Gasteiger partial charge in [-0.2, -0.15) is 9.97 Å². The maximum atomic E-state index is 11.7. The third-order valence-electron chi connectivity index (χ3n) is 4.25. The van der Waals surface area contributed by atoms with E-state index in [1.54, 1.807) is 19.5 Å². The Morgan fingerprint density at radius 1 is 1.11 bits per heavy atom. The van der Waals surface area contributed by atoms with Crippen molar-refractivity contribution in [3.63, 3.8) is 0 Å². The van der Waals surface area contributed by atoms with Gasteiger partial charge in [0.25, 0.3) is 0 Å². The molecule has 9 nitrogen and oxygen atoms in total. The first kappa shape index (κ1) is 17.4. The quantitative estimate of drug-likeness (QED) is 0.676. The smallest absolute Gasteiger partial charge is 0.227 e. The molecule has 1 saturated heterocycles. The summed E-state index contributed by atoms with van der Waals surface area (Å²) >= 11 is 0. The first-order valence-electron chi connectivity index (χ1n) is 8.39. The molecule has 0 unspecified atom stereocenters. The van der Waals surface area contributed by atoms with Crippen LogP contribution in [0.5, 0.6) is 5.75 Å². The summed E-state index contributed by atoms with van der Waals surface area (Å²) in [6, 6.07) is 7.18. The summed E-state index contributed by atoms with van der Waals surface area (Å²) in [5.74, 6) is 1.81. The highest BCUT2D eigenvalue weighted by atomic mass is 32.2. The molecule has 4 rings (SSSR count). The Morgan fingerprint density at radius 3 is 2.59 bits per heavy atom. The second-order valence-corrected chi connectivity index (χ2v) is 8.45. The van der Waals surface area contributed by atoms with Crippen molar-refractivity contribution < 1.29 is 13.2 Å². The third-order valence-corrected chi connectivity index (χ3v) is 6.02. The average molecular weight is 386 g/mol. The Balaban J connectivity index is 1.65. The molecule has 1 aliphatic rings. The summed E-state index contributed by atoms with van der Waals surface area (Å²) < 4.78 is 28.5. The van der Waals surface area contributed by atoms with Crippen LogP contribution in [-0.2, 0) is 9.84 Å². The molecule has 3 heterocycles. The molecule has 1 atom stereocenters. The van der Waals surface area contributed by atoms with Crippen LogP contribution in [0.2, 0.25) is 0 Å². The minimum absolute atomic E-state index is 0.0795. The molecule has 27 heavy (non-hydrogen) atoms. The number of nitrogens with zero attached hydrogens (tertiary/aromatic N) is 4. The lowest BCUT2D eigenvalue weighted by Crippen LogP contribution is -2.22. The number of nitrogens with one attached hydrogen (secondary N) is 2. The zero-order valence-corrected chi connectivity index (χ0v) is 15.4. The summed E-state index contributed by atoms with van der Waals surface area (Å²) in [6.07, 6.45) is 3.66. The number of methoxy groups -OCH3 is 1. The topological polar surface area (TPSA) is 119 Å². The number of aromatic nitrogens is 4. The van der Waals surface area contributed by atoms with Gasteiger partial charge in [0.15, 0.2) is 26.8 Å². The molecule has 0 bridgehead atoms.